The van der Waals surface area contributed by atoms with E-state index in [1.54, 1.807) is 0 Å². The van der Waals surface area contributed by atoms with Gasteiger partial charge in [0.25, 0.3) is 0 Å². The van der Waals surface area contributed by atoms with Crippen molar-refractivity contribution in [3.63, 3.8) is 0 Å². The number of hydrogen-bond donors (Lipinski definition) is 3. The van der Waals surface area contributed by atoms with Crippen LogP contribution < -0.4 is 0 Å². The van der Waals surface area contributed by atoms with Crippen LogP contribution in [0.25, 0.3) is 0 Å². The zero-order chi connectivity index (χ0) is 17.7. The van der Waals surface area contributed by atoms with Gasteiger partial charge in [0, 0.05) is 39.9 Å². The first-order valence-corrected chi connectivity index (χ1v) is 9.13. The van der Waals surface area contributed by atoms with Gasteiger partial charge in [-0.2, -0.15) is 25.3 Å². The molecule has 0 atom stereocenters. The molecule has 0 rings (SSSR count). The molecule has 0 aliphatic carbocycles. The van der Waals surface area contributed by atoms with Gasteiger partial charge >= 0.3 is 31.2 Å². The van der Waals surface area contributed by atoms with E-state index in [9.17, 15) is 25.3 Å². The molecule has 0 aliphatic heterocycles. The van der Waals surface area contributed by atoms with Crippen molar-refractivity contribution in [2.24, 2.45) is 0 Å². The average molecular weight is 536 g/mol. The zero-order valence-electron chi connectivity index (χ0n) is 11.7. The minimum atomic E-state index is -4.17. The van der Waals surface area contributed by atoms with Gasteiger partial charge in [-0.05, 0) is 20.8 Å². The van der Waals surface area contributed by atoms with Gasteiger partial charge in [-0.1, -0.05) is 0 Å². The van der Waals surface area contributed by atoms with E-state index in [1.807, 2.05) is 0 Å². The van der Waals surface area contributed by atoms with Crippen LogP contribution in [0.5, 0.6) is 0 Å². The van der Waals surface area contributed by atoms with E-state index >= 15 is 0 Å². The Bertz CT molecular complexity index is 455. The van der Waals surface area contributed by atoms with Crippen molar-refractivity contribution in [1.82, 2.24) is 0 Å². The Balaban J connectivity index is -0.000000108. The molecule has 22 heavy (non-hydrogen) atoms. The van der Waals surface area contributed by atoms with Crippen molar-refractivity contribution >= 4 is 31.2 Å². The fraction of sp³-hybridized carbons (Fsp3) is 1.00. The number of rotatable bonds is 6. The van der Waals surface area contributed by atoms with E-state index in [-0.39, 0.29) is 59.8 Å². The average Bonchev–Trinajstić information content (AvgIpc) is 2.12. The molecule has 0 aliphatic rings. The van der Waals surface area contributed by atoms with E-state index in [0.29, 0.717) is 0 Å². The molecule has 0 bridgehead atoms. The molecule has 0 spiro atoms. The summed E-state index contributed by atoms with van der Waals surface area (Å²) in [5, 5.41) is 0. The fourth-order valence-electron chi connectivity index (χ4n) is 0.447. The van der Waals surface area contributed by atoms with Crippen LogP contribution in [0.2, 0.25) is 0 Å². The zero-order valence-corrected chi connectivity index (χ0v) is 16.4. The molecule has 0 fully saturated rings. The van der Waals surface area contributed by atoms with E-state index in [1.165, 1.54) is 20.8 Å². The van der Waals surface area contributed by atoms with Crippen molar-refractivity contribution in [3.8, 4) is 0 Å². The maximum Gasteiger partial charge on any atom is 0.397 e. The third kappa shape index (κ3) is 49.7. The molecule has 0 heterocycles. The van der Waals surface area contributed by atoms with Crippen LogP contribution in [-0.2, 0) is 43.7 Å². The second-order valence-electron chi connectivity index (χ2n) is 2.50. The van der Waals surface area contributed by atoms with Crippen molar-refractivity contribution in [2.45, 2.75) is 20.8 Å². The normalized spacial score (nSPS) is 11.2. The molecule has 0 radical (unpaired) electrons. The third-order valence-corrected chi connectivity index (χ3v) is 2.40. The van der Waals surface area contributed by atoms with Crippen molar-refractivity contribution in [1.29, 1.82) is 0 Å². The van der Waals surface area contributed by atoms with Gasteiger partial charge in [-0.15, -0.1) is 0 Å². The smallest absolute Gasteiger partial charge is 0.264 e. The van der Waals surface area contributed by atoms with Gasteiger partial charge in [0.15, 0.2) is 0 Å². The summed E-state index contributed by atoms with van der Waals surface area (Å²) in [5.74, 6) is 0. The monoisotopic (exact) mass is 536 g/mol. The Morgan fingerprint density at radius 1 is 0.591 bits per heavy atom. The summed E-state index contributed by atoms with van der Waals surface area (Å²) in [4.78, 5) is 0. The second-order valence-corrected chi connectivity index (χ2v) is 5.78. The molecular weight excluding hydrogens is 518 g/mol. The molecule has 0 saturated carbocycles. The maximum atomic E-state index is 9.56. The van der Waals surface area contributed by atoms with Crippen LogP contribution in [0.1, 0.15) is 20.8 Å². The molecule has 0 unspecified atom stereocenters. The van der Waals surface area contributed by atoms with Crippen LogP contribution >= 0.6 is 0 Å². The Hall–Kier alpha value is 0.935. The van der Waals surface area contributed by atoms with E-state index < -0.39 is 31.2 Å². The van der Waals surface area contributed by atoms with Crippen LogP contribution in [-0.4, -0.2) is 58.7 Å². The first-order valence-electron chi connectivity index (χ1n) is 5.04. The molecule has 0 amide bonds. The van der Waals surface area contributed by atoms with E-state index in [2.05, 4.69) is 12.5 Å². The van der Waals surface area contributed by atoms with E-state index in [4.69, 9.17) is 13.7 Å². The van der Waals surface area contributed by atoms with Gasteiger partial charge in [-0.25, -0.2) is 12.5 Å². The summed E-state index contributed by atoms with van der Waals surface area (Å²) in [6, 6.07) is 0. The molecule has 16 heteroatoms. The Kier molecular flexibility index (Phi) is 21.6. The predicted molar refractivity (Wildman–Crippen MR) is 69.5 cm³/mol. The Morgan fingerprint density at radius 2 is 0.727 bits per heavy atom. The predicted octanol–water partition coefficient (Wildman–Crippen LogP) is -0.523. The topological polar surface area (TPSA) is 191 Å². The molecule has 0 aromatic rings. The molecular formula is C6H18GdO12S3. The van der Waals surface area contributed by atoms with Gasteiger partial charge in [-0.3, -0.25) is 13.7 Å². The Labute approximate surface area is 162 Å². The van der Waals surface area contributed by atoms with Crippen molar-refractivity contribution < 1.29 is 91.4 Å². The van der Waals surface area contributed by atoms with Crippen LogP contribution in [0.4, 0.5) is 0 Å². The molecule has 0 aromatic carbocycles. The minimum absolute atomic E-state index is 0. The first kappa shape index (κ1) is 30.8. The summed E-state index contributed by atoms with van der Waals surface area (Å²) in [6.45, 7) is 4.31. The standard InChI is InChI=1S/3C2H6O4S.Gd/c3*1-2-6-7(3,4)5;/h3*2H2,1H3,(H,3,4,5);. The van der Waals surface area contributed by atoms with Gasteiger partial charge < -0.3 is 0 Å². The van der Waals surface area contributed by atoms with Gasteiger partial charge in [0.1, 0.15) is 0 Å². The number of hydrogen-bond acceptors (Lipinski definition) is 9. The van der Waals surface area contributed by atoms with Crippen LogP contribution in [0.3, 0.4) is 0 Å². The summed E-state index contributed by atoms with van der Waals surface area (Å²) < 4.78 is 92.0. The molecule has 140 valence electrons. The van der Waals surface area contributed by atoms with Crippen LogP contribution in [0, 0.1) is 39.9 Å². The van der Waals surface area contributed by atoms with E-state index in [0.717, 1.165) is 0 Å². The first-order chi connectivity index (χ1) is 9.18. The summed E-state index contributed by atoms with van der Waals surface area (Å²) >= 11 is 0. The minimum Gasteiger partial charge on any atom is -0.264 e. The van der Waals surface area contributed by atoms with Crippen molar-refractivity contribution in [3.05, 3.63) is 0 Å². The Morgan fingerprint density at radius 3 is 0.727 bits per heavy atom. The molecule has 0 aromatic heterocycles. The maximum absolute atomic E-state index is 9.56. The summed E-state index contributed by atoms with van der Waals surface area (Å²) in [7, 11) is -12.5. The molecule has 12 nitrogen and oxygen atoms in total. The molecule has 3 N–H and O–H groups in total. The SMILES string of the molecule is CCOS(=O)(=O)O.CCOS(=O)(=O)O.CCOS(=O)(=O)O.[Gd]. The second kappa shape index (κ2) is 15.5. The van der Waals surface area contributed by atoms with Gasteiger partial charge in [0.2, 0.25) is 0 Å². The fourth-order valence-corrected chi connectivity index (χ4v) is 1.34. The van der Waals surface area contributed by atoms with Crippen molar-refractivity contribution in [2.75, 3.05) is 19.8 Å². The van der Waals surface area contributed by atoms with Crippen LogP contribution in [0.15, 0.2) is 0 Å². The van der Waals surface area contributed by atoms with Gasteiger partial charge in [0.05, 0.1) is 19.8 Å². The largest absolute Gasteiger partial charge is 0.397 e. The summed E-state index contributed by atoms with van der Waals surface area (Å²) in [6.07, 6.45) is 0. The quantitative estimate of drug-likeness (QED) is 0.369. The summed E-state index contributed by atoms with van der Waals surface area (Å²) in [5.41, 5.74) is 0. The molecule has 0 saturated heterocycles. The third-order valence-electron chi connectivity index (χ3n) is 0.800.